The number of ether oxygens (including phenoxy) is 2. The van der Waals surface area contributed by atoms with Crippen LogP contribution in [0.5, 0.6) is 0 Å². The van der Waals surface area contributed by atoms with Gasteiger partial charge in [-0.15, -0.1) is 35.3 Å². The number of aromatic nitrogens is 1. The monoisotopic (exact) mass is 482 g/mol. The second kappa shape index (κ2) is 12.8. The molecule has 8 heteroatoms. The Morgan fingerprint density at radius 2 is 2.24 bits per heavy atom. The fourth-order valence-electron chi connectivity index (χ4n) is 2.44. The predicted molar refractivity (Wildman–Crippen MR) is 114 cm³/mol. The molecule has 144 valence electrons. The topological polar surface area (TPSA) is 67.8 Å². The maximum atomic E-state index is 5.72. The Morgan fingerprint density at radius 3 is 2.88 bits per heavy atom. The van der Waals surface area contributed by atoms with Crippen LogP contribution in [0.2, 0.25) is 0 Å². The van der Waals surface area contributed by atoms with Crippen LogP contribution in [-0.2, 0) is 16.0 Å². The third-order valence-corrected chi connectivity index (χ3v) is 4.98. The fourth-order valence-corrected chi connectivity index (χ4v) is 3.30. The van der Waals surface area contributed by atoms with E-state index < -0.39 is 0 Å². The van der Waals surface area contributed by atoms with Crippen LogP contribution in [0.15, 0.2) is 4.99 Å². The number of nitrogens with zero attached hydrogens (tertiary/aromatic N) is 2. The van der Waals surface area contributed by atoms with E-state index in [1.54, 1.807) is 11.3 Å². The van der Waals surface area contributed by atoms with E-state index in [1.165, 1.54) is 4.88 Å². The van der Waals surface area contributed by atoms with Gasteiger partial charge in [-0.05, 0) is 33.6 Å². The molecule has 1 saturated heterocycles. The van der Waals surface area contributed by atoms with Crippen molar-refractivity contribution in [3.8, 4) is 0 Å². The minimum atomic E-state index is 0. The first-order valence-electron chi connectivity index (χ1n) is 8.79. The molecule has 2 N–H and O–H groups in total. The van der Waals surface area contributed by atoms with Crippen molar-refractivity contribution in [2.45, 2.75) is 40.2 Å². The van der Waals surface area contributed by atoms with E-state index in [0.717, 1.165) is 69.0 Å². The Kier molecular flexibility index (Phi) is 11.6. The fraction of sp³-hybridized carbons (Fsp3) is 0.765. The van der Waals surface area contributed by atoms with Gasteiger partial charge >= 0.3 is 0 Å². The Bertz CT molecular complexity index is 499. The van der Waals surface area contributed by atoms with Crippen LogP contribution in [0, 0.1) is 19.8 Å². The molecule has 6 nitrogen and oxygen atoms in total. The quantitative estimate of drug-likeness (QED) is 0.245. The number of aryl methyl sites for hydroxylation is 2. The number of hydrogen-bond acceptors (Lipinski definition) is 5. The summed E-state index contributed by atoms with van der Waals surface area (Å²) in [6.45, 7) is 11.9. The number of nitrogens with one attached hydrogen (secondary N) is 2. The molecule has 0 radical (unpaired) electrons. The average Bonchev–Trinajstić information content (AvgIpc) is 3.18. The normalized spacial score (nSPS) is 17.4. The Balaban J connectivity index is 0.00000312. The van der Waals surface area contributed by atoms with Crippen molar-refractivity contribution in [3.05, 3.63) is 15.6 Å². The lowest BCUT2D eigenvalue weighted by Gasteiger charge is -2.12. The minimum Gasteiger partial charge on any atom is -0.381 e. The third kappa shape index (κ3) is 8.65. The first-order chi connectivity index (χ1) is 11.7. The van der Waals surface area contributed by atoms with Gasteiger partial charge in [0.15, 0.2) is 5.96 Å². The molecule has 0 amide bonds. The van der Waals surface area contributed by atoms with Crippen molar-refractivity contribution in [2.24, 2.45) is 10.9 Å². The summed E-state index contributed by atoms with van der Waals surface area (Å²) in [5.74, 6) is 1.43. The van der Waals surface area contributed by atoms with Gasteiger partial charge in [-0.3, -0.25) is 0 Å². The molecule has 0 saturated carbocycles. The molecule has 1 aliphatic rings. The zero-order valence-corrected chi connectivity index (χ0v) is 18.6. The SMILES string of the molecule is CCNC(=NCc1nc(C)c(C)s1)NCCCOCC1CCOC1.I. The van der Waals surface area contributed by atoms with Gasteiger partial charge in [0.1, 0.15) is 5.01 Å². The predicted octanol–water partition coefficient (Wildman–Crippen LogP) is 2.88. The van der Waals surface area contributed by atoms with E-state index in [2.05, 4.69) is 34.5 Å². The van der Waals surface area contributed by atoms with Crippen LogP contribution in [0.25, 0.3) is 0 Å². The van der Waals surface area contributed by atoms with Crippen LogP contribution in [0.4, 0.5) is 0 Å². The van der Waals surface area contributed by atoms with Crippen LogP contribution in [0.1, 0.15) is 35.3 Å². The van der Waals surface area contributed by atoms with Crippen molar-refractivity contribution < 1.29 is 9.47 Å². The number of thiazole rings is 1. The van der Waals surface area contributed by atoms with Gasteiger partial charge in [-0.2, -0.15) is 0 Å². The summed E-state index contributed by atoms with van der Waals surface area (Å²) in [5, 5.41) is 7.68. The van der Waals surface area contributed by atoms with Gasteiger partial charge in [-0.1, -0.05) is 0 Å². The van der Waals surface area contributed by atoms with Crippen LogP contribution >= 0.6 is 35.3 Å². The maximum absolute atomic E-state index is 5.72. The van der Waals surface area contributed by atoms with E-state index >= 15 is 0 Å². The number of rotatable bonds is 9. The minimum absolute atomic E-state index is 0. The zero-order chi connectivity index (χ0) is 17.2. The number of hydrogen-bond donors (Lipinski definition) is 2. The molecule has 0 aliphatic carbocycles. The Morgan fingerprint density at radius 1 is 1.40 bits per heavy atom. The summed E-state index contributed by atoms with van der Waals surface area (Å²) in [4.78, 5) is 10.4. The summed E-state index contributed by atoms with van der Waals surface area (Å²) in [5.41, 5.74) is 1.10. The van der Waals surface area contributed by atoms with Crippen molar-refractivity contribution in [1.29, 1.82) is 0 Å². The lowest BCUT2D eigenvalue weighted by atomic mass is 10.1. The summed E-state index contributed by atoms with van der Waals surface area (Å²) >= 11 is 1.72. The van der Waals surface area contributed by atoms with Gasteiger partial charge < -0.3 is 20.1 Å². The zero-order valence-electron chi connectivity index (χ0n) is 15.5. The molecule has 1 aliphatic heterocycles. The highest BCUT2D eigenvalue weighted by Gasteiger charge is 2.15. The van der Waals surface area contributed by atoms with Gasteiger partial charge in [0, 0.05) is 37.1 Å². The highest BCUT2D eigenvalue weighted by Crippen LogP contribution is 2.16. The molecule has 0 bridgehead atoms. The second-order valence-electron chi connectivity index (χ2n) is 6.03. The van der Waals surface area contributed by atoms with E-state index in [-0.39, 0.29) is 24.0 Å². The Hall–Kier alpha value is -0.450. The first kappa shape index (κ1) is 22.6. The molecular weight excluding hydrogens is 451 g/mol. The van der Waals surface area contributed by atoms with Gasteiger partial charge in [-0.25, -0.2) is 9.98 Å². The molecule has 1 aromatic rings. The van der Waals surface area contributed by atoms with Crippen LogP contribution < -0.4 is 10.6 Å². The van der Waals surface area contributed by atoms with E-state index in [0.29, 0.717) is 12.5 Å². The van der Waals surface area contributed by atoms with E-state index in [1.807, 2.05) is 6.92 Å². The standard InChI is InChI=1S/C17H30N4O2S.HI/c1-4-18-17(20-10-16-21-13(2)14(3)24-16)19-7-5-8-22-11-15-6-9-23-12-15;/h15H,4-12H2,1-3H3,(H2,18,19,20);1H. The van der Waals surface area contributed by atoms with Crippen molar-refractivity contribution in [2.75, 3.05) is 39.5 Å². The lowest BCUT2D eigenvalue weighted by Crippen LogP contribution is -2.38. The van der Waals surface area contributed by atoms with Gasteiger partial charge in [0.05, 0.1) is 25.5 Å². The molecule has 1 unspecified atom stereocenters. The molecule has 1 aromatic heterocycles. The smallest absolute Gasteiger partial charge is 0.191 e. The van der Waals surface area contributed by atoms with Crippen molar-refractivity contribution in [3.63, 3.8) is 0 Å². The highest BCUT2D eigenvalue weighted by molar-refractivity contribution is 14.0. The number of aliphatic imine (C=N–C) groups is 1. The van der Waals surface area contributed by atoms with E-state index in [9.17, 15) is 0 Å². The van der Waals surface area contributed by atoms with Crippen molar-refractivity contribution in [1.82, 2.24) is 15.6 Å². The largest absolute Gasteiger partial charge is 0.381 e. The summed E-state index contributed by atoms with van der Waals surface area (Å²) in [6, 6.07) is 0. The van der Waals surface area contributed by atoms with Gasteiger partial charge in [0.2, 0.25) is 0 Å². The summed E-state index contributed by atoms with van der Waals surface area (Å²) in [7, 11) is 0. The third-order valence-electron chi connectivity index (χ3n) is 3.92. The average molecular weight is 482 g/mol. The van der Waals surface area contributed by atoms with E-state index in [4.69, 9.17) is 9.47 Å². The lowest BCUT2D eigenvalue weighted by molar-refractivity contribution is 0.0888. The second-order valence-corrected chi connectivity index (χ2v) is 7.32. The molecule has 0 spiro atoms. The molecule has 1 fully saturated rings. The van der Waals surface area contributed by atoms with Crippen LogP contribution in [-0.4, -0.2) is 50.5 Å². The van der Waals surface area contributed by atoms with Crippen LogP contribution in [0.3, 0.4) is 0 Å². The van der Waals surface area contributed by atoms with Crippen molar-refractivity contribution >= 4 is 41.3 Å². The number of guanidine groups is 1. The summed E-state index contributed by atoms with van der Waals surface area (Å²) < 4.78 is 11.1. The molecule has 1 atom stereocenters. The highest BCUT2D eigenvalue weighted by atomic mass is 127. The molecular formula is C17H31IN4O2S. The number of halogens is 1. The Labute approximate surface area is 172 Å². The maximum Gasteiger partial charge on any atom is 0.191 e. The molecule has 0 aromatic carbocycles. The molecule has 2 rings (SSSR count). The van der Waals surface area contributed by atoms with Gasteiger partial charge in [0.25, 0.3) is 0 Å². The summed E-state index contributed by atoms with van der Waals surface area (Å²) in [6.07, 6.45) is 2.10. The first-order valence-corrected chi connectivity index (χ1v) is 9.61. The molecule has 25 heavy (non-hydrogen) atoms. The molecule has 2 heterocycles.